The van der Waals surface area contributed by atoms with Gasteiger partial charge in [-0.15, -0.1) is 0 Å². The van der Waals surface area contributed by atoms with E-state index in [-0.39, 0.29) is 12.5 Å². The summed E-state index contributed by atoms with van der Waals surface area (Å²) in [7, 11) is 0. The number of benzene rings is 2. The van der Waals surface area contributed by atoms with E-state index in [0.717, 1.165) is 12.8 Å². The van der Waals surface area contributed by atoms with Crippen LogP contribution in [0, 0.1) is 26.7 Å². The Kier molecular flexibility index (Phi) is 4.97. The summed E-state index contributed by atoms with van der Waals surface area (Å²) in [6.45, 7) is 6.69. The molecule has 0 aromatic heterocycles. The third kappa shape index (κ3) is 3.49. The van der Waals surface area contributed by atoms with Gasteiger partial charge in [-0.1, -0.05) is 42.5 Å². The molecule has 2 rings (SSSR count). The monoisotopic (exact) mass is 268 g/mol. The van der Waals surface area contributed by atoms with Gasteiger partial charge in [-0.25, -0.2) is 0 Å². The molecule has 1 nitrogen and oxygen atoms in total. The van der Waals surface area contributed by atoms with E-state index in [1.807, 2.05) is 0 Å². The first-order valence-corrected chi connectivity index (χ1v) is 7.32. The van der Waals surface area contributed by atoms with E-state index in [4.69, 9.17) is 0 Å². The number of hydrogen-bond donors (Lipinski definition) is 1. The summed E-state index contributed by atoms with van der Waals surface area (Å²) in [6, 6.07) is 14.9. The van der Waals surface area contributed by atoms with Gasteiger partial charge in [-0.05, 0) is 67.3 Å². The first-order valence-electron chi connectivity index (χ1n) is 7.32. The molecule has 1 unspecified atom stereocenters. The highest BCUT2D eigenvalue weighted by molar-refractivity contribution is 5.34. The molecule has 1 atom stereocenters. The first kappa shape index (κ1) is 14.8. The van der Waals surface area contributed by atoms with Gasteiger partial charge in [0.2, 0.25) is 0 Å². The fraction of sp³-hybridized carbons (Fsp3) is 0.368. The summed E-state index contributed by atoms with van der Waals surface area (Å²) in [6.07, 6.45) is 1.89. The van der Waals surface area contributed by atoms with Crippen LogP contribution in [0.25, 0.3) is 0 Å². The fourth-order valence-electron chi connectivity index (χ4n) is 2.81. The largest absolute Gasteiger partial charge is 0.396 e. The summed E-state index contributed by atoms with van der Waals surface area (Å²) in [4.78, 5) is 0. The molecule has 0 saturated carbocycles. The molecule has 0 bridgehead atoms. The van der Waals surface area contributed by atoms with E-state index in [1.165, 1.54) is 27.8 Å². The highest BCUT2D eigenvalue weighted by atomic mass is 16.3. The maximum Gasteiger partial charge on any atom is 0.0465 e. The quantitative estimate of drug-likeness (QED) is 0.869. The second kappa shape index (κ2) is 6.71. The van der Waals surface area contributed by atoms with Crippen molar-refractivity contribution >= 4 is 0 Å². The van der Waals surface area contributed by atoms with Gasteiger partial charge in [0.15, 0.2) is 0 Å². The second-order valence-corrected chi connectivity index (χ2v) is 5.75. The van der Waals surface area contributed by atoms with Gasteiger partial charge in [0.25, 0.3) is 0 Å². The number of aliphatic hydroxyl groups is 1. The molecule has 0 heterocycles. The standard InChI is InChI=1S/C19H24O/c1-14-7-4-5-10-18(14)11-17(13-20)12-19-15(2)8-6-9-16(19)3/h4-10,17,20H,11-13H2,1-3H3. The molecule has 0 aliphatic heterocycles. The van der Waals surface area contributed by atoms with Gasteiger partial charge in [0.1, 0.15) is 0 Å². The zero-order valence-electron chi connectivity index (χ0n) is 12.7. The Bertz CT molecular complexity index is 551. The first-order chi connectivity index (χ1) is 9.61. The molecule has 1 N–H and O–H groups in total. The predicted octanol–water partition coefficient (Wildman–Crippen LogP) is 4.01. The van der Waals surface area contributed by atoms with Crippen molar-refractivity contribution in [2.45, 2.75) is 33.6 Å². The SMILES string of the molecule is Cc1ccccc1CC(CO)Cc1c(C)cccc1C. The molecular formula is C19H24O. The van der Waals surface area contributed by atoms with Crippen molar-refractivity contribution in [2.75, 3.05) is 6.61 Å². The van der Waals surface area contributed by atoms with Crippen LogP contribution in [0.2, 0.25) is 0 Å². The minimum atomic E-state index is 0.238. The highest BCUT2D eigenvalue weighted by Crippen LogP contribution is 2.21. The summed E-state index contributed by atoms with van der Waals surface area (Å²) < 4.78 is 0. The Morgan fingerprint density at radius 3 is 2.00 bits per heavy atom. The fourth-order valence-corrected chi connectivity index (χ4v) is 2.81. The number of rotatable bonds is 5. The number of aliphatic hydroxyl groups excluding tert-OH is 1. The van der Waals surface area contributed by atoms with Crippen molar-refractivity contribution in [2.24, 2.45) is 5.92 Å². The maximum atomic E-state index is 9.72. The average Bonchev–Trinajstić information content (AvgIpc) is 2.44. The van der Waals surface area contributed by atoms with Crippen LogP contribution in [0.3, 0.4) is 0 Å². The van der Waals surface area contributed by atoms with Crippen LogP contribution in [-0.2, 0) is 12.8 Å². The van der Waals surface area contributed by atoms with Gasteiger partial charge >= 0.3 is 0 Å². The Balaban J connectivity index is 2.16. The topological polar surface area (TPSA) is 20.2 Å². The van der Waals surface area contributed by atoms with Crippen LogP contribution in [0.4, 0.5) is 0 Å². The highest BCUT2D eigenvalue weighted by Gasteiger charge is 2.13. The molecule has 0 amide bonds. The third-order valence-corrected chi connectivity index (χ3v) is 4.17. The Hall–Kier alpha value is -1.60. The van der Waals surface area contributed by atoms with Crippen LogP contribution in [0.5, 0.6) is 0 Å². The third-order valence-electron chi connectivity index (χ3n) is 4.17. The lowest BCUT2D eigenvalue weighted by Crippen LogP contribution is -2.15. The number of aryl methyl sites for hydroxylation is 3. The lowest BCUT2D eigenvalue weighted by molar-refractivity contribution is 0.224. The summed E-state index contributed by atoms with van der Waals surface area (Å²) in [5.74, 6) is 0.288. The molecule has 2 aromatic rings. The van der Waals surface area contributed by atoms with Crippen molar-refractivity contribution in [3.8, 4) is 0 Å². The van der Waals surface area contributed by atoms with Crippen molar-refractivity contribution in [1.82, 2.24) is 0 Å². The smallest absolute Gasteiger partial charge is 0.0465 e. The van der Waals surface area contributed by atoms with E-state index in [2.05, 4.69) is 63.2 Å². The van der Waals surface area contributed by atoms with Crippen LogP contribution >= 0.6 is 0 Å². The molecule has 0 saturated heterocycles. The molecular weight excluding hydrogens is 244 g/mol. The molecule has 1 heteroatoms. The van der Waals surface area contributed by atoms with Gasteiger partial charge in [-0.2, -0.15) is 0 Å². The predicted molar refractivity (Wildman–Crippen MR) is 85.1 cm³/mol. The minimum absolute atomic E-state index is 0.238. The number of hydrogen-bond acceptors (Lipinski definition) is 1. The molecule has 0 radical (unpaired) electrons. The molecule has 0 fully saturated rings. The van der Waals surface area contributed by atoms with Gasteiger partial charge in [0.05, 0.1) is 0 Å². The Labute approximate surface area is 122 Å². The van der Waals surface area contributed by atoms with Gasteiger partial charge in [-0.3, -0.25) is 0 Å². The summed E-state index contributed by atoms with van der Waals surface area (Å²) >= 11 is 0. The van der Waals surface area contributed by atoms with E-state index in [9.17, 15) is 5.11 Å². The molecule has 20 heavy (non-hydrogen) atoms. The average molecular weight is 268 g/mol. The van der Waals surface area contributed by atoms with Crippen molar-refractivity contribution < 1.29 is 5.11 Å². The molecule has 106 valence electrons. The van der Waals surface area contributed by atoms with Crippen LogP contribution in [0.1, 0.15) is 27.8 Å². The molecule has 2 aromatic carbocycles. The molecule has 0 aliphatic carbocycles. The van der Waals surface area contributed by atoms with Crippen LogP contribution in [-0.4, -0.2) is 11.7 Å². The summed E-state index contributed by atoms with van der Waals surface area (Å²) in [5, 5.41) is 9.72. The Morgan fingerprint density at radius 2 is 1.40 bits per heavy atom. The summed E-state index contributed by atoms with van der Waals surface area (Å²) in [5.41, 5.74) is 6.70. The maximum absolute atomic E-state index is 9.72. The zero-order valence-corrected chi connectivity index (χ0v) is 12.7. The molecule has 0 spiro atoms. The van der Waals surface area contributed by atoms with E-state index < -0.39 is 0 Å². The zero-order chi connectivity index (χ0) is 14.5. The van der Waals surface area contributed by atoms with E-state index in [0.29, 0.717) is 0 Å². The lowest BCUT2D eigenvalue weighted by atomic mass is 9.88. The van der Waals surface area contributed by atoms with Gasteiger partial charge < -0.3 is 5.11 Å². The van der Waals surface area contributed by atoms with Crippen LogP contribution < -0.4 is 0 Å². The Morgan fingerprint density at radius 1 is 0.800 bits per heavy atom. The van der Waals surface area contributed by atoms with E-state index >= 15 is 0 Å². The van der Waals surface area contributed by atoms with Crippen molar-refractivity contribution in [3.63, 3.8) is 0 Å². The normalized spacial score (nSPS) is 12.4. The van der Waals surface area contributed by atoms with E-state index in [1.54, 1.807) is 0 Å². The minimum Gasteiger partial charge on any atom is -0.396 e. The molecule has 0 aliphatic rings. The van der Waals surface area contributed by atoms with Gasteiger partial charge in [0, 0.05) is 6.61 Å². The second-order valence-electron chi connectivity index (χ2n) is 5.75. The lowest BCUT2D eigenvalue weighted by Gasteiger charge is -2.18. The van der Waals surface area contributed by atoms with Crippen molar-refractivity contribution in [3.05, 3.63) is 70.3 Å². The van der Waals surface area contributed by atoms with Crippen molar-refractivity contribution in [1.29, 1.82) is 0 Å². The van der Waals surface area contributed by atoms with Crippen LogP contribution in [0.15, 0.2) is 42.5 Å².